The number of para-hydroxylation sites is 1. The smallest absolute Gasteiger partial charge is 0.225 e. The average molecular weight is 437 g/mol. The van der Waals surface area contributed by atoms with Crippen LogP contribution >= 0.6 is 0 Å². The van der Waals surface area contributed by atoms with Crippen LogP contribution in [0.4, 0.5) is 0 Å². The molecule has 0 radical (unpaired) electrons. The second-order valence-electron chi connectivity index (χ2n) is 7.92. The van der Waals surface area contributed by atoms with Gasteiger partial charge in [-0.15, -0.1) is 0 Å². The van der Waals surface area contributed by atoms with Crippen LogP contribution in [0.5, 0.6) is 23.0 Å². The van der Waals surface area contributed by atoms with Gasteiger partial charge in [0.15, 0.2) is 17.3 Å². The van der Waals surface area contributed by atoms with Gasteiger partial charge in [0.2, 0.25) is 5.91 Å². The molecule has 1 aliphatic heterocycles. The van der Waals surface area contributed by atoms with Gasteiger partial charge in [0.1, 0.15) is 11.5 Å². The van der Waals surface area contributed by atoms with E-state index in [2.05, 4.69) is 5.32 Å². The molecule has 0 fully saturated rings. The average Bonchev–Trinajstić information content (AvgIpc) is 2.81. The summed E-state index contributed by atoms with van der Waals surface area (Å²) in [5.41, 5.74) is 2.98. The number of hydrogen-bond acceptors (Lipinski definition) is 6. The molecule has 7 nitrogen and oxygen atoms in total. The molecule has 4 rings (SSSR count). The van der Waals surface area contributed by atoms with Crippen LogP contribution < -0.4 is 24.3 Å². The Morgan fingerprint density at radius 3 is 2.28 bits per heavy atom. The fraction of sp³-hybridized carbons (Fsp3) is 0.360. The zero-order valence-corrected chi connectivity index (χ0v) is 18.7. The highest BCUT2D eigenvalue weighted by atomic mass is 16.5. The fourth-order valence-electron chi connectivity index (χ4n) is 4.79. The van der Waals surface area contributed by atoms with Crippen molar-refractivity contribution in [2.45, 2.75) is 31.1 Å². The molecular formula is C25H27NO6. The van der Waals surface area contributed by atoms with Gasteiger partial charge < -0.3 is 24.3 Å². The molecule has 168 valence electrons. The van der Waals surface area contributed by atoms with E-state index in [-0.39, 0.29) is 29.9 Å². The van der Waals surface area contributed by atoms with Crippen LogP contribution in [0.2, 0.25) is 0 Å². The number of benzene rings is 2. The number of carbonyl (C=O) groups is 2. The summed E-state index contributed by atoms with van der Waals surface area (Å²) in [5, 5.41) is 2.96. The molecule has 1 aliphatic carbocycles. The lowest BCUT2D eigenvalue weighted by Gasteiger charge is -2.35. The summed E-state index contributed by atoms with van der Waals surface area (Å²) in [6.45, 7) is 0. The molecule has 0 saturated heterocycles. The molecule has 1 heterocycles. The molecule has 2 aromatic rings. The number of amides is 1. The second-order valence-corrected chi connectivity index (χ2v) is 7.92. The maximum atomic E-state index is 13.5. The van der Waals surface area contributed by atoms with Crippen LogP contribution in [-0.2, 0) is 9.59 Å². The number of allylic oxidation sites excluding steroid dienone is 2. The Balaban J connectivity index is 1.77. The van der Waals surface area contributed by atoms with E-state index in [4.69, 9.17) is 18.9 Å². The van der Waals surface area contributed by atoms with E-state index in [1.165, 1.54) is 0 Å². The maximum absolute atomic E-state index is 13.5. The molecule has 0 spiro atoms. The van der Waals surface area contributed by atoms with Crippen molar-refractivity contribution in [3.8, 4) is 23.0 Å². The van der Waals surface area contributed by atoms with Crippen molar-refractivity contribution in [1.82, 2.24) is 5.32 Å². The molecule has 1 N–H and O–H groups in total. The normalized spacial score (nSPS) is 20.4. The monoisotopic (exact) mass is 437 g/mol. The van der Waals surface area contributed by atoms with Crippen molar-refractivity contribution in [1.29, 1.82) is 0 Å². The summed E-state index contributed by atoms with van der Waals surface area (Å²) in [6, 6.07) is 11.1. The summed E-state index contributed by atoms with van der Waals surface area (Å²) in [6.07, 6.45) is 1.03. The Morgan fingerprint density at radius 2 is 1.59 bits per heavy atom. The summed E-state index contributed by atoms with van der Waals surface area (Å²) in [4.78, 5) is 26.1. The van der Waals surface area contributed by atoms with E-state index in [1.54, 1.807) is 34.5 Å². The molecule has 2 aliphatic rings. The lowest BCUT2D eigenvalue weighted by atomic mass is 9.73. The standard InChI is InChI=1S/C25H27NO6/c1-29-15-8-9-21(30-2)17(12-15)14-10-19-24(20(27)11-14)18(13-23(28)26-19)16-6-5-7-22(31-3)25(16)32-4/h5-9,12,14,18H,10-11,13H2,1-4H3,(H,26,28)/t14-,18-/m1/s1. The van der Waals surface area contributed by atoms with Gasteiger partial charge in [-0.3, -0.25) is 9.59 Å². The van der Waals surface area contributed by atoms with Gasteiger partial charge in [-0.1, -0.05) is 12.1 Å². The van der Waals surface area contributed by atoms with Gasteiger partial charge >= 0.3 is 0 Å². The number of nitrogens with one attached hydrogen (secondary N) is 1. The van der Waals surface area contributed by atoms with E-state index in [0.29, 0.717) is 47.1 Å². The number of ketones is 1. The Morgan fingerprint density at radius 1 is 0.812 bits per heavy atom. The Hall–Kier alpha value is -3.48. The fourth-order valence-corrected chi connectivity index (χ4v) is 4.79. The highest BCUT2D eigenvalue weighted by Gasteiger charge is 2.40. The lowest BCUT2D eigenvalue weighted by Crippen LogP contribution is -2.38. The molecule has 1 amide bonds. The Kier molecular flexibility index (Phi) is 6.08. The van der Waals surface area contributed by atoms with Crippen molar-refractivity contribution in [3.63, 3.8) is 0 Å². The van der Waals surface area contributed by atoms with Gasteiger partial charge in [-0.05, 0) is 30.7 Å². The highest BCUT2D eigenvalue weighted by molar-refractivity contribution is 6.02. The van der Waals surface area contributed by atoms with Crippen molar-refractivity contribution < 1.29 is 28.5 Å². The number of methoxy groups -OCH3 is 4. The SMILES string of the molecule is COc1ccc(OC)c([C@H]2CC(=O)C3=C(C2)NC(=O)C[C@@H]3c2cccc(OC)c2OC)c1. The van der Waals surface area contributed by atoms with E-state index < -0.39 is 0 Å². The molecule has 0 saturated carbocycles. The molecule has 2 atom stereocenters. The van der Waals surface area contributed by atoms with E-state index in [1.807, 2.05) is 30.3 Å². The van der Waals surface area contributed by atoms with Gasteiger partial charge in [0.25, 0.3) is 0 Å². The zero-order valence-electron chi connectivity index (χ0n) is 18.7. The van der Waals surface area contributed by atoms with Crippen LogP contribution in [0.1, 0.15) is 42.2 Å². The van der Waals surface area contributed by atoms with Gasteiger partial charge in [0, 0.05) is 47.1 Å². The van der Waals surface area contributed by atoms with Crippen LogP contribution in [0.15, 0.2) is 47.7 Å². The third kappa shape index (κ3) is 3.79. The predicted octanol–water partition coefficient (Wildman–Crippen LogP) is 3.73. The summed E-state index contributed by atoms with van der Waals surface area (Å²) in [7, 11) is 6.34. The van der Waals surface area contributed by atoms with Crippen LogP contribution in [0.25, 0.3) is 0 Å². The summed E-state index contributed by atoms with van der Waals surface area (Å²) in [5.74, 6) is 1.88. The first-order chi connectivity index (χ1) is 15.5. The maximum Gasteiger partial charge on any atom is 0.225 e. The molecule has 0 aromatic heterocycles. The number of Topliss-reactive ketones (excluding diaryl/α,β-unsaturated/α-hetero) is 1. The number of rotatable bonds is 6. The first kappa shape index (κ1) is 21.7. The zero-order chi connectivity index (χ0) is 22.8. The molecule has 0 bridgehead atoms. The van der Waals surface area contributed by atoms with Crippen molar-refractivity contribution in [3.05, 3.63) is 58.8 Å². The van der Waals surface area contributed by atoms with E-state index in [9.17, 15) is 9.59 Å². The van der Waals surface area contributed by atoms with Gasteiger partial charge in [-0.25, -0.2) is 0 Å². The largest absolute Gasteiger partial charge is 0.497 e. The number of ether oxygens (including phenoxy) is 4. The highest BCUT2D eigenvalue weighted by Crippen LogP contribution is 2.47. The third-order valence-corrected chi connectivity index (χ3v) is 6.22. The van der Waals surface area contributed by atoms with E-state index in [0.717, 1.165) is 11.1 Å². The number of carbonyl (C=O) groups excluding carboxylic acids is 2. The van der Waals surface area contributed by atoms with Gasteiger partial charge in [0.05, 0.1) is 28.4 Å². The minimum Gasteiger partial charge on any atom is -0.497 e. The van der Waals surface area contributed by atoms with E-state index >= 15 is 0 Å². The Bertz CT molecular complexity index is 1090. The Labute approximate surface area is 187 Å². The van der Waals surface area contributed by atoms with Crippen molar-refractivity contribution in [2.24, 2.45) is 0 Å². The van der Waals surface area contributed by atoms with Crippen LogP contribution in [-0.4, -0.2) is 40.1 Å². The van der Waals surface area contributed by atoms with Crippen LogP contribution in [0.3, 0.4) is 0 Å². The minimum absolute atomic E-state index is 0.0102. The predicted molar refractivity (Wildman–Crippen MR) is 119 cm³/mol. The molecule has 7 heteroatoms. The lowest BCUT2D eigenvalue weighted by molar-refractivity contribution is -0.122. The second kappa shape index (κ2) is 8.94. The molecule has 0 unspecified atom stereocenters. The van der Waals surface area contributed by atoms with Crippen molar-refractivity contribution in [2.75, 3.05) is 28.4 Å². The van der Waals surface area contributed by atoms with Crippen molar-refractivity contribution >= 4 is 11.7 Å². The summed E-state index contributed by atoms with van der Waals surface area (Å²) < 4.78 is 21.9. The summed E-state index contributed by atoms with van der Waals surface area (Å²) >= 11 is 0. The molecule has 2 aromatic carbocycles. The minimum atomic E-state index is -0.385. The third-order valence-electron chi connectivity index (χ3n) is 6.22. The van der Waals surface area contributed by atoms with Crippen LogP contribution in [0, 0.1) is 0 Å². The van der Waals surface area contributed by atoms with Gasteiger partial charge in [-0.2, -0.15) is 0 Å². The first-order valence-corrected chi connectivity index (χ1v) is 10.5. The topological polar surface area (TPSA) is 83.1 Å². The first-order valence-electron chi connectivity index (χ1n) is 10.5. The quantitative estimate of drug-likeness (QED) is 0.742. The number of hydrogen-bond donors (Lipinski definition) is 1. The molecule has 32 heavy (non-hydrogen) atoms. The molecular weight excluding hydrogens is 410 g/mol.